The molecule has 0 aliphatic carbocycles. The fourth-order valence-corrected chi connectivity index (χ4v) is 7.65. The van der Waals surface area contributed by atoms with Gasteiger partial charge in [-0.3, -0.25) is 9.36 Å². The van der Waals surface area contributed by atoms with Crippen LogP contribution in [0.4, 0.5) is 0 Å². The molecule has 8 nitrogen and oxygen atoms in total. The molecule has 61 heavy (non-hydrogen) atoms. The molecule has 0 aliphatic rings. The van der Waals surface area contributed by atoms with Crippen molar-refractivity contribution in [1.29, 1.82) is 0 Å². The number of hydrogen-bond donors (Lipinski definition) is 2. The van der Waals surface area contributed by atoms with Crippen molar-refractivity contribution in [2.24, 2.45) is 0 Å². The van der Waals surface area contributed by atoms with Gasteiger partial charge >= 0.3 is 0 Å². The van der Waals surface area contributed by atoms with Crippen LogP contribution in [0.1, 0.15) is 213 Å². The average molecular weight is 877 g/mol. The van der Waals surface area contributed by atoms with E-state index in [4.69, 9.17) is 9.05 Å². The number of amides is 1. The van der Waals surface area contributed by atoms with Crippen molar-refractivity contribution >= 4 is 13.7 Å². The van der Waals surface area contributed by atoms with Crippen molar-refractivity contribution in [3.63, 3.8) is 0 Å². The molecule has 356 valence electrons. The van der Waals surface area contributed by atoms with E-state index in [1.54, 1.807) is 6.08 Å². The molecule has 0 aromatic carbocycles. The molecule has 1 amide bonds. The molecule has 0 aromatic rings. The largest absolute Gasteiger partial charge is 0.756 e. The number of likely N-dealkylation sites (N-methyl/N-ethyl adjacent to an activating group) is 1. The van der Waals surface area contributed by atoms with Crippen molar-refractivity contribution < 1.29 is 32.9 Å². The SMILES string of the molecule is CCC/C=C\C/C=C\CCCCCCCC(=O)NC(COP(=O)([O-])OCC[N+](C)(C)C)C(O)/C=C/CC/C=C/CC/C=C/CCCCCCCCCCCCCCCCCC. The number of carbonyl (C=O) groups excluding carboxylic acids is 1. The summed E-state index contributed by atoms with van der Waals surface area (Å²) in [5.41, 5.74) is 0. The van der Waals surface area contributed by atoms with Gasteiger partial charge in [0.25, 0.3) is 7.82 Å². The minimum absolute atomic E-state index is 0.0141. The fourth-order valence-electron chi connectivity index (χ4n) is 6.93. The first kappa shape index (κ1) is 59.2. The van der Waals surface area contributed by atoms with Crippen LogP contribution in [0.3, 0.4) is 0 Å². The summed E-state index contributed by atoms with van der Waals surface area (Å²) >= 11 is 0. The number of aliphatic hydroxyl groups is 1. The van der Waals surface area contributed by atoms with E-state index < -0.39 is 26.6 Å². The number of aliphatic hydroxyl groups excluding tert-OH is 1. The Morgan fingerprint density at radius 2 is 1.00 bits per heavy atom. The first-order valence-corrected chi connectivity index (χ1v) is 26.6. The number of nitrogens with zero attached hydrogens (tertiary/aromatic N) is 1. The summed E-state index contributed by atoms with van der Waals surface area (Å²) in [6.07, 6.45) is 57.2. The van der Waals surface area contributed by atoms with Gasteiger partial charge in [-0.2, -0.15) is 0 Å². The molecule has 0 rings (SSSR count). The van der Waals surface area contributed by atoms with Crippen molar-refractivity contribution in [3.8, 4) is 0 Å². The van der Waals surface area contributed by atoms with E-state index in [1.807, 2.05) is 27.2 Å². The van der Waals surface area contributed by atoms with Crippen LogP contribution in [0.5, 0.6) is 0 Å². The van der Waals surface area contributed by atoms with Crippen molar-refractivity contribution in [2.45, 2.75) is 225 Å². The highest BCUT2D eigenvalue weighted by atomic mass is 31.2. The van der Waals surface area contributed by atoms with Gasteiger partial charge in [0.15, 0.2) is 0 Å². The van der Waals surface area contributed by atoms with Crippen LogP contribution in [0.2, 0.25) is 0 Å². The lowest BCUT2D eigenvalue weighted by Crippen LogP contribution is -2.45. The Morgan fingerprint density at radius 1 is 0.574 bits per heavy atom. The van der Waals surface area contributed by atoms with Gasteiger partial charge in [0.1, 0.15) is 13.2 Å². The number of nitrogens with one attached hydrogen (secondary N) is 1. The lowest BCUT2D eigenvalue weighted by atomic mass is 10.0. The second-order valence-electron chi connectivity index (χ2n) is 18.1. The van der Waals surface area contributed by atoms with Crippen LogP contribution in [0.15, 0.2) is 60.8 Å². The summed E-state index contributed by atoms with van der Waals surface area (Å²) in [5, 5.41) is 13.8. The highest BCUT2D eigenvalue weighted by Crippen LogP contribution is 2.38. The third-order valence-electron chi connectivity index (χ3n) is 10.9. The summed E-state index contributed by atoms with van der Waals surface area (Å²) < 4.78 is 23.2. The number of hydrogen-bond acceptors (Lipinski definition) is 6. The van der Waals surface area contributed by atoms with E-state index in [1.165, 1.54) is 116 Å². The fraction of sp³-hybridized carbons (Fsp3) is 0.788. The number of quaternary nitrogens is 1. The summed E-state index contributed by atoms with van der Waals surface area (Å²) in [4.78, 5) is 25.3. The number of phosphoric ester groups is 1. The Bertz CT molecular complexity index is 1180. The van der Waals surface area contributed by atoms with Gasteiger partial charge in [-0.05, 0) is 70.6 Å². The first-order chi connectivity index (χ1) is 29.5. The summed E-state index contributed by atoms with van der Waals surface area (Å²) in [5.74, 6) is -0.228. The van der Waals surface area contributed by atoms with E-state index in [2.05, 4.69) is 67.8 Å². The van der Waals surface area contributed by atoms with E-state index in [0.29, 0.717) is 17.4 Å². The maximum absolute atomic E-state index is 12.8. The molecule has 3 atom stereocenters. The van der Waals surface area contributed by atoms with Crippen LogP contribution < -0.4 is 10.2 Å². The predicted molar refractivity (Wildman–Crippen MR) is 261 cm³/mol. The monoisotopic (exact) mass is 877 g/mol. The van der Waals surface area contributed by atoms with Crippen LogP contribution in [0, 0.1) is 0 Å². The molecule has 3 unspecified atom stereocenters. The molecule has 0 heterocycles. The summed E-state index contributed by atoms with van der Waals surface area (Å²) in [6.45, 7) is 4.54. The maximum atomic E-state index is 12.8. The molecule has 0 aromatic heterocycles. The lowest BCUT2D eigenvalue weighted by molar-refractivity contribution is -0.870. The number of rotatable bonds is 45. The smallest absolute Gasteiger partial charge is 0.268 e. The van der Waals surface area contributed by atoms with E-state index >= 15 is 0 Å². The number of unbranched alkanes of at least 4 members (excludes halogenated alkanes) is 24. The molecule has 9 heteroatoms. The van der Waals surface area contributed by atoms with Crippen LogP contribution in [0.25, 0.3) is 0 Å². The third-order valence-corrected chi connectivity index (χ3v) is 11.9. The van der Waals surface area contributed by atoms with Crippen LogP contribution >= 0.6 is 7.82 Å². The minimum Gasteiger partial charge on any atom is -0.756 e. The van der Waals surface area contributed by atoms with Gasteiger partial charge in [-0.1, -0.05) is 197 Å². The zero-order valence-electron chi connectivity index (χ0n) is 40.4. The zero-order valence-corrected chi connectivity index (χ0v) is 41.2. The van der Waals surface area contributed by atoms with Crippen molar-refractivity contribution in [3.05, 3.63) is 60.8 Å². The normalized spacial score (nSPS) is 14.7. The quantitative estimate of drug-likeness (QED) is 0.0273. The third kappa shape index (κ3) is 46.0. The lowest BCUT2D eigenvalue weighted by Gasteiger charge is -2.29. The van der Waals surface area contributed by atoms with E-state index in [0.717, 1.165) is 77.0 Å². The van der Waals surface area contributed by atoms with Gasteiger partial charge < -0.3 is 28.8 Å². The van der Waals surface area contributed by atoms with E-state index in [9.17, 15) is 19.4 Å². The number of phosphoric acid groups is 1. The zero-order chi connectivity index (χ0) is 45.0. The number of allylic oxidation sites excluding steroid dienone is 9. The van der Waals surface area contributed by atoms with Gasteiger partial charge in [0.05, 0.1) is 39.9 Å². The van der Waals surface area contributed by atoms with E-state index in [-0.39, 0.29) is 12.5 Å². The minimum atomic E-state index is -4.61. The average Bonchev–Trinajstić information content (AvgIpc) is 3.21. The molecule has 2 N–H and O–H groups in total. The molecule has 0 aliphatic heterocycles. The highest BCUT2D eigenvalue weighted by Gasteiger charge is 2.23. The second-order valence-corrected chi connectivity index (χ2v) is 19.6. The molecule has 0 bridgehead atoms. The van der Waals surface area contributed by atoms with Gasteiger partial charge in [-0.25, -0.2) is 0 Å². The molecular formula is C52H97N2O6P. The Labute approximate surface area is 377 Å². The topological polar surface area (TPSA) is 108 Å². The summed E-state index contributed by atoms with van der Waals surface area (Å²) in [7, 11) is 1.22. The summed E-state index contributed by atoms with van der Waals surface area (Å²) in [6, 6.07) is -0.918. The Kier molecular flexibility index (Phi) is 42.2. The maximum Gasteiger partial charge on any atom is 0.268 e. The molecule has 0 spiro atoms. The first-order valence-electron chi connectivity index (χ1n) is 25.2. The standard InChI is InChI=1S/C52H97N2O6P/c1-6-8-10-12-14-16-18-20-21-22-23-24-25-26-27-28-29-30-31-32-34-35-37-39-41-43-45-51(55)50(49-60-61(57,58)59-48-47-54(3,4)5)53-52(56)46-44-42-40-38-36-33-19-17-15-13-11-9-7-2/h11,13,17,19,30-31,35,37,43,45,50-51,55H,6-10,12,14-16,18,20-29,32-34,36,38-42,44,46-49H2,1-5H3,(H-,53,56,57,58)/b13-11-,19-17-,31-30+,37-35+,45-43+. The molecule has 0 saturated heterocycles. The second kappa shape index (κ2) is 43.5. The van der Waals surface area contributed by atoms with Gasteiger partial charge in [0.2, 0.25) is 5.91 Å². The Morgan fingerprint density at radius 3 is 1.49 bits per heavy atom. The molecule has 0 saturated carbocycles. The van der Waals surface area contributed by atoms with Crippen LogP contribution in [-0.4, -0.2) is 68.5 Å². The van der Waals surface area contributed by atoms with Crippen LogP contribution in [-0.2, 0) is 18.4 Å². The Hall–Kier alpha value is -1.80. The Balaban J connectivity index is 4.34. The molecular weight excluding hydrogens is 780 g/mol. The van der Waals surface area contributed by atoms with Crippen molar-refractivity contribution in [2.75, 3.05) is 40.9 Å². The number of carbonyl (C=O) groups is 1. The van der Waals surface area contributed by atoms with Crippen molar-refractivity contribution in [1.82, 2.24) is 5.32 Å². The molecule has 0 fully saturated rings. The van der Waals surface area contributed by atoms with Gasteiger partial charge in [-0.15, -0.1) is 0 Å². The highest BCUT2D eigenvalue weighted by molar-refractivity contribution is 7.45. The van der Waals surface area contributed by atoms with Gasteiger partial charge in [0, 0.05) is 6.42 Å². The molecule has 0 radical (unpaired) electrons. The predicted octanol–water partition coefficient (Wildman–Crippen LogP) is 14.0.